The van der Waals surface area contributed by atoms with Crippen molar-refractivity contribution in [2.24, 2.45) is 5.92 Å². The summed E-state index contributed by atoms with van der Waals surface area (Å²) in [5, 5.41) is 3.34. The predicted molar refractivity (Wildman–Crippen MR) is 112 cm³/mol. The Bertz CT molecular complexity index is 731. The normalized spacial score (nSPS) is 16.1. The third-order valence-electron chi connectivity index (χ3n) is 4.92. The van der Waals surface area contributed by atoms with Gasteiger partial charge < -0.3 is 15.0 Å². The van der Waals surface area contributed by atoms with E-state index in [1.165, 1.54) is 12.7 Å². The van der Waals surface area contributed by atoms with E-state index in [-0.39, 0.29) is 6.09 Å². The lowest BCUT2D eigenvalue weighted by Gasteiger charge is -2.33. The summed E-state index contributed by atoms with van der Waals surface area (Å²) in [6.07, 6.45) is 6.49. The maximum Gasteiger partial charge on any atom is 0.410 e. The molecule has 7 heteroatoms. The Kier molecular flexibility index (Phi) is 7.75. The van der Waals surface area contributed by atoms with Gasteiger partial charge in [-0.3, -0.25) is 0 Å². The van der Waals surface area contributed by atoms with Gasteiger partial charge in [-0.25, -0.2) is 13.2 Å². The van der Waals surface area contributed by atoms with E-state index in [0.717, 1.165) is 51.0 Å². The summed E-state index contributed by atoms with van der Waals surface area (Å²) < 4.78 is 28.4. The summed E-state index contributed by atoms with van der Waals surface area (Å²) >= 11 is 0. The van der Waals surface area contributed by atoms with Crippen LogP contribution in [0.2, 0.25) is 0 Å². The van der Waals surface area contributed by atoms with Crippen LogP contribution in [0.4, 0.5) is 10.5 Å². The Morgan fingerprint density at radius 2 is 1.75 bits per heavy atom. The van der Waals surface area contributed by atoms with E-state index in [1.54, 1.807) is 12.1 Å². The quantitative estimate of drug-likeness (QED) is 0.678. The van der Waals surface area contributed by atoms with Crippen molar-refractivity contribution in [3.63, 3.8) is 0 Å². The van der Waals surface area contributed by atoms with E-state index in [4.69, 9.17) is 4.74 Å². The molecule has 0 saturated carbocycles. The number of sulfone groups is 1. The van der Waals surface area contributed by atoms with E-state index < -0.39 is 15.4 Å². The number of nitrogens with one attached hydrogen (secondary N) is 1. The second-order valence-electron chi connectivity index (χ2n) is 8.63. The average molecular weight is 411 g/mol. The fraction of sp³-hybridized carbons (Fsp3) is 0.667. The van der Waals surface area contributed by atoms with Crippen molar-refractivity contribution in [3.8, 4) is 0 Å². The van der Waals surface area contributed by atoms with Crippen LogP contribution < -0.4 is 5.32 Å². The molecule has 1 aliphatic heterocycles. The van der Waals surface area contributed by atoms with Crippen LogP contribution in [-0.4, -0.2) is 50.9 Å². The minimum absolute atomic E-state index is 0.197. The number of likely N-dealkylation sites (tertiary alicyclic amines) is 1. The van der Waals surface area contributed by atoms with Gasteiger partial charge in [0.1, 0.15) is 5.60 Å². The van der Waals surface area contributed by atoms with Crippen LogP contribution in [0.3, 0.4) is 0 Å². The van der Waals surface area contributed by atoms with Gasteiger partial charge in [-0.05, 0) is 70.2 Å². The molecule has 6 nitrogen and oxygen atoms in total. The van der Waals surface area contributed by atoms with Gasteiger partial charge in [0.05, 0.1) is 4.90 Å². The fourth-order valence-corrected chi connectivity index (χ4v) is 3.97. The van der Waals surface area contributed by atoms with Crippen molar-refractivity contribution in [2.75, 3.05) is 31.2 Å². The highest BCUT2D eigenvalue weighted by molar-refractivity contribution is 7.90. The van der Waals surface area contributed by atoms with Gasteiger partial charge in [-0.15, -0.1) is 0 Å². The number of carbonyl (C=O) groups excluding carboxylic acids is 1. The van der Waals surface area contributed by atoms with E-state index in [1.807, 2.05) is 37.8 Å². The van der Waals surface area contributed by atoms with Gasteiger partial charge in [0.2, 0.25) is 0 Å². The third-order valence-corrected chi connectivity index (χ3v) is 6.05. The first-order valence-corrected chi connectivity index (χ1v) is 12.0. The van der Waals surface area contributed by atoms with Crippen molar-refractivity contribution in [2.45, 2.75) is 63.4 Å². The van der Waals surface area contributed by atoms with Crippen molar-refractivity contribution < 1.29 is 17.9 Å². The molecule has 1 aromatic carbocycles. The number of carbonyl (C=O) groups is 1. The van der Waals surface area contributed by atoms with Gasteiger partial charge >= 0.3 is 6.09 Å². The van der Waals surface area contributed by atoms with Gasteiger partial charge in [0.15, 0.2) is 9.84 Å². The molecule has 2 rings (SSSR count). The SMILES string of the molecule is CC(C)(C)OC(=O)N1CCC(CCCCNc2ccc(S(C)(=O)=O)cc2)CC1. The maximum atomic E-state index is 12.1. The van der Waals surface area contributed by atoms with Crippen LogP contribution in [0.5, 0.6) is 0 Å². The summed E-state index contributed by atoms with van der Waals surface area (Å²) in [7, 11) is -3.14. The summed E-state index contributed by atoms with van der Waals surface area (Å²) in [5.41, 5.74) is 0.504. The van der Waals surface area contributed by atoms with Crippen LogP contribution >= 0.6 is 0 Å². The van der Waals surface area contributed by atoms with Crippen LogP contribution in [0.15, 0.2) is 29.2 Å². The number of piperidine rings is 1. The Balaban J connectivity index is 1.60. The van der Waals surface area contributed by atoms with Gasteiger partial charge in [0.25, 0.3) is 0 Å². The molecule has 0 unspecified atom stereocenters. The van der Waals surface area contributed by atoms with E-state index in [2.05, 4.69) is 5.32 Å². The number of amides is 1. The molecule has 1 aliphatic rings. The zero-order valence-corrected chi connectivity index (χ0v) is 18.3. The molecular formula is C21H34N2O4S. The van der Waals surface area contributed by atoms with Crippen LogP contribution in [0, 0.1) is 5.92 Å². The average Bonchev–Trinajstić information content (AvgIpc) is 2.60. The minimum Gasteiger partial charge on any atom is -0.444 e. The van der Waals surface area contributed by atoms with Crippen LogP contribution in [0.1, 0.15) is 52.9 Å². The molecule has 1 saturated heterocycles. The molecule has 0 spiro atoms. The molecule has 1 amide bonds. The summed E-state index contributed by atoms with van der Waals surface area (Å²) in [6.45, 7) is 8.12. The fourth-order valence-electron chi connectivity index (χ4n) is 3.34. The van der Waals surface area contributed by atoms with Crippen molar-refractivity contribution in [1.82, 2.24) is 4.90 Å². The molecule has 0 aliphatic carbocycles. The minimum atomic E-state index is -3.14. The molecule has 1 aromatic rings. The smallest absolute Gasteiger partial charge is 0.410 e. The molecule has 0 atom stereocenters. The number of benzene rings is 1. The summed E-state index contributed by atoms with van der Waals surface area (Å²) in [5.74, 6) is 0.674. The Morgan fingerprint density at radius 1 is 1.14 bits per heavy atom. The summed E-state index contributed by atoms with van der Waals surface area (Å²) in [6, 6.07) is 6.89. The second-order valence-corrected chi connectivity index (χ2v) is 10.6. The molecule has 0 aromatic heterocycles. The Labute approximate surface area is 169 Å². The van der Waals surface area contributed by atoms with Crippen LogP contribution in [-0.2, 0) is 14.6 Å². The second kappa shape index (κ2) is 9.63. The number of rotatable bonds is 7. The number of nitrogens with zero attached hydrogens (tertiary/aromatic N) is 1. The summed E-state index contributed by atoms with van der Waals surface area (Å²) in [4.78, 5) is 14.3. The van der Waals surface area contributed by atoms with Crippen molar-refractivity contribution >= 4 is 21.6 Å². The number of unbranched alkanes of at least 4 members (excludes halogenated alkanes) is 1. The lowest BCUT2D eigenvalue weighted by molar-refractivity contribution is 0.0180. The Morgan fingerprint density at radius 3 is 2.29 bits per heavy atom. The maximum absolute atomic E-state index is 12.1. The zero-order valence-electron chi connectivity index (χ0n) is 17.5. The predicted octanol–water partition coefficient (Wildman–Crippen LogP) is 4.32. The molecule has 1 fully saturated rings. The monoisotopic (exact) mass is 410 g/mol. The first-order valence-electron chi connectivity index (χ1n) is 10.1. The molecule has 158 valence electrons. The van der Waals surface area contributed by atoms with Crippen molar-refractivity contribution in [1.29, 1.82) is 0 Å². The molecular weight excluding hydrogens is 376 g/mol. The highest BCUT2D eigenvalue weighted by atomic mass is 32.2. The zero-order chi connectivity index (χ0) is 20.8. The van der Waals surface area contributed by atoms with Gasteiger partial charge in [-0.2, -0.15) is 0 Å². The first-order chi connectivity index (χ1) is 13.0. The highest BCUT2D eigenvalue weighted by Gasteiger charge is 2.26. The largest absolute Gasteiger partial charge is 0.444 e. The van der Waals surface area contributed by atoms with Crippen molar-refractivity contribution in [3.05, 3.63) is 24.3 Å². The lowest BCUT2D eigenvalue weighted by Crippen LogP contribution is -2.41. The number of anilines is 1. The van der Waals surface area contributed by atoms with E-state index >= 15 is 0 Å². The number of ether oxygens (including phenoxy) is 1. The first kappa shape index (κ1) is 22.5. The van der Waals surface area contributed by atoms with E-state index in [0.29, 0.717) is 10.8 Å². The standard InChI is InChI=1S/C21H34N2O4S/c1-21(2,3)27-20(24)23-15-12-17(13-16-23)7-5-6-14-22-18-8-10-19(11-9-18)28(4,25)26/h8-11,17,22H,5-7,12-16H2,1-4H3. The Hall–Kier alpha value is -1.76. The lowest BCUT2D eigenvalue weighted by atomic mass is 9.92. The highest BCUT2D eigenvalue weighted by Crippen LogP contribution is 2.24. The third kappa shape index (κ3) is 7.70. The molecule has 28 heavy (non-hydrogen) atoms. The molecule has 0 bridgehead atoms. The van der Waals surface area contributed by atoms with E-state index in [9.17, 15) is 13.2 Å². The molecule has 0 radical (unpaired) electrons. The van der Waals surface area contributed by atoms with Gasteiger partial charge in [0, 0.05) is 31.6 Å². The number of hydrogen-bond donors (Lipinski definition) is 1. The van der Waals surface area contributed by atoms with Crippen LogP contribution in [0.25, 0.3) is 0 Å². The molecule has 1 heterocycles. The topological polar surface area (TPSA) is 75.7 Å². The van der Waals surface area contributed by atoms with Gasteiger partial charge in [-0.1, -0.05) is 12.8 Å². The number of hydrogen-bond acceptors (Lipinski definition) is 5. The molecule has 1 N–H and O–H groups in total.